The van der Waals surface area contributed by atoms with Crippen molar-refractivity contribution in [1.29, 1.82) is 0 Å². The molecule has 1 heterocycles. The van der Waals surface area contributed by atoms with Crippen LogP contribution in [-0.4, -0.2) is 32.8 Å². The van der Waals surface area contributed by atoms with Crippen LogP contribution in [0, 0.1) is 0 Å². The molecular weight excluding hydrogens is 271 g/mol. The lowest BCUT2D eigenvalue weighted by molar-refractivity contribution is -0.143. The zero-order valence-corrected chi connectivity index (χ0v) is 9.16. The maximum Gasteiger partial charge on any atom is 0.433 e. The van der Waals surface area contributed by atoms with Crippen molar-refractivity contribution in [3.63, 3.8) is 0 Å². The predicted molar refractivity (Wildman–Crippen MR) is 54.8 cm³/mol. The molecule has 8 nitrogen and oxygen atoms in total. The van der Waals surface area contributed by atoms with Crippen LogP contribution >= 0.6 is 0 Å². The molecule has 0 aliphatic carbocycles. The van der Waals surface area contributed by atoms with E-state index in [1.807, 2.05) is 4.98 Å². The molecule has 2 atom stereocenters. The molecule has 1 rings (SSSR count). The minimum Gasteiger partial charge on any atom is -0.390 e. The second kappa shape index (κ2) is 5.69. The molecule has 2 unspecified atom stereocenters. The van der Waals surface area contributed by atoms with Crippen molar-refractivity contribution >= 4 is 0 Å². The maximum atomic E-state index is 12.6. The first-order valence-electron chi connectivity index (χ1n) is 4.80. The van der Waals surface area contributed by atoms with Gasteiger partial charge in [0.1, 0.15) is 6.10 Å². The van der Waals surface area contributed by atoms with Gasteiger partial charge in [0.2, 0.25) is 0 Å². The van der Waals surface area contributed by atoms with E-state index in [0.29, 0.717) is 6.33 Å². The summed E-state index contributed by atoms with van der Waals surface area (Å²) in [5.41, 5.74) is 4.03. The first-order chi connectivity index (χ1) is 8.79. The number of aromatic nitrogens is 2. The van der Waals surface area contributed by atoms with E-state index in [-0.39, 0.29) is 0 Å². The van der Waals surface area contributed by atoms with Gasteiger partial charge in [-0.05, 0) is 5.53 Å². The van der Waals surface area contributed by atoms with Crippen molar-refractivity contribution in [3.05, 3.63) is 38.4 Å². The SMILES string of the molecule is [N-]=[N+]=NCC(O)C(O)c1c(C(F)(F)F)nc[nH]c1=O. The predicted octanol–water partition coefficient (Wildman–Crippen LogP) is 0.493. The number of nitrogens with one attached hydrogen (secondary N) is 1. The maximum absolute atomic E-state index is 12.6. The normalized spacial score (nSPS) is 14.6. The first-order valence-corrected chi connectivity index (χ1v) is 4.80. The lowest BCUT2D eigenvalue weighted by Gasteiger charge is -2.18. The Bertz CT molecular complexity index is 551. The summed E-state index contributed by atoms with van der Waals surface area (Å²) in [6.07, 6.45) is -8.48. The lowest BCUT2D eigenvalue weighted by atomic mass is 10.0. The molecule has 0 bridgehead atoms. The summed E-state index contributed by atoms with van der Waals surface area (Å²) >= 11 is 0. The van der Waals surface area contributed by atoms with Crippen LogP contribution in [0.15, 0.2) is 16.2 Å². The highest BCUT2D eigenvalue weighted by molar-refractivity contribution is 5.22. The van der Waals surface area contributed by atoms with Crippen LogP contribution in [-0.2, 0) is 6.18 Å². The lowest BCUT2D eigenvalue weighted by Crippen LogP contribution is -2.31. The number of H-pyrrole nitrogens is 1. The summed E-state index contributed by atoms with van der Waals surface area (Å²) in [6.45, 7) is -0.691. The van der Waals surface area contributed by atoms with Crippen molar-refractivity contribution in [2.75, 3.05) is 6.54 Å². The van der Waals surface area contributed by atoms with Gasteiger partial charge in [-0.15, -0.1) is 0 Å². The van der Waals surface area contributed by atoms with Gasteiger partial charge in [0, 0.05) is 4.91 Å². The number of aliphatic hydroxyl groups excluding tert-OH is 2. The fourth-order valence-electron chi connectivity index (χ4n) is 1.32. The molecule has 0 aliphatic heterocycles. The van der Waals surface area contributed by atoms with Gasteiger partial charge in [0.05, 0.1) is 24.5 Å². The Kier molecular flexibility index (Phi) is 4.48. The number of hydrogen-bond donors (Lipinski definition) is 3. The Morgan fingerprint density at radius 2 is 2.16 bits per heavy atom. The summed E-state index contributed by atoms with van der Waals surface area (Å²) in [6, 6.07) is 0. The van der Waals surface area contributed by atoms with E-state index < -0.39 is 41.7 Å². The van der Waals surface area contributed by atoms with Crippen molar-refractivity contribution in [2.24, 2.45) is 5.11 Å². The van der Waals surface area contributed by atoms with Crippen LogP contribution in [0.25, 0.3) is 10.4 Å². The summed E-state index contributed by atoms with van der Waals surface area (Å²) < 4.78 is 37.8. The summed E-state index contributed by atoms with van der Waals surface area (Å²) in [7, 11) is 0. The molecule has 1 aromatic rings. The number of hydrogen-bond acceptors (Lipinski definition) is 5. The van der Waals surface area contributed by atoms with E-state index >= 15 is 0 Å². The van der Waals surface area contributed by atoms with Gasteiger partial charge in [0.25, 0.3) is 5.56 Å². The van der Waals surface area contributed by atoms with E-state index in [0.717, 1.165) is 0 Å². The molecule has 11 heteroatoms. The van der Waals surface area contributed by atoms with Crippen LogP contribution < -0.4 is 5.56 Å². The molecule has 3 N–H and O–H groups in total. The van der Waals surface area contributed by atoms with E-state index in [2.05, 4.69) is 15.0 Å². The molecule has 0 fully saturated rings. The number of rotatable bonds is 4. The smallest absolute Gasteiger partial charge is 0.390 e. The van der Waals surface area contributed by atoms with Crippen LogP contribution in [0.5, 0.6) is 0 Å². The van der Waals surface area contributed by atoms with Crippen LogP contribution in [0.3, 0.4) is 0 Å². The van der Waals surface area contributed by atoms with Gasteiger partial charge >= 0.3 is 6.18 Å². The number of azide groups is 1. The highest BCUT2D eigenvalue weighted by atomic mass is 19.4. The Morgan fingerprint density at radius 1 is 1.53 bits per heavy atom. The average Bonchev–Trinajstić information content (AvgIpc) is 2.33. The quantitative estimate of drug-likeness (QED) is 0.420. The first kappa shape index (κ1) is 15.0. The third-order valence-corrected chi connectivity index (χ3v) is 2.15. The fraction of sp³-hybridized carbons (Fsp3) is 0.500. The minimum absolute atomic E-state index is 0.529. The molecule has 0 saturated carbocycles. The van der Waals surface area contributed by atoms with Gasteiger partial charge in [-0.1, -0.05) is 5.11 Å². The standard InChI is InChI=1S/C8H8F3N5O3/c9-8(10,11)6-4(7(19)14-2-13-6)5(18)3(17)1-15-16-12/h2-3,5,17-18H,1H2,(H,13,14,19). The van der Waals surface area contributed by atoms with Crippen molar-refractivity contribution < 1.29 is 23.4 Å². The molecule has 0 aliphatic rings. The second-order valence-electron chi connectivity index (χ2n) is 3.42. The van der Waals surface area contributed by atoms with Crippen molar-refractivity contribution in [1.82, 2.24) is 9.97 Å². The monoisotopic (exact) mass is 279 g/mol. The van der Waals surface area contributed by atoms with Gasteiger partial charge in [-0.2, -0.15) is 13.2 Å². The van der Waals surface area contributed by atoms with E-state index in [1.54, 1.807) is 0 Å². The van der Waals surface area contributed by atoms with E-state index in [9.17, 15) is 28.2 Å². The van der Waals surface area contributed by atoms with Crippen molar-refractivity contribution in [2.45, 2.75) is 18.4 Å². The van der Waals surface area contributed by atoms with E-state index in [1.165, 1.54) is 0 Å². The summed E-state index contributed by atoms with van der Waals surface area (Å²) in [4.78, 5) is 18.4. The highest BCUT2D eigenvalue weighted by Crippen LogP contribution is 2.31. The van der Waals surface area contributed by atoms with Crippen molar-refractivity contribution in [3.8, 4) is 0 Å². The molecule has 0 amide bonds. The largest absolute Gasteiger partial charge is 0.433 e. The fourth-order valence-corrected chi connectivity index (χ4v) is 1.32. The van der Waals surface area contributed by atoms with Gasteiger partial charge in [0.15, 0.2) is 5.69 Å². The Labute approximate surface area is 103 Å². The van der Waals surface area contributed by atoms with E-state index in [4.69, 9.17) is 5.53 Å². The number of nitrogens with zero attached hydrogens (tertiary/aromatic N) is 4. The van der Waals surface area contributed by atoms with Crippen LogP contribution in [0.4, 0.5) is 13.2 Å². The number of aliphatic hydroxyl groups is 2. The average molecular weight is 279 g/mol. The minimum atomic E-state index is -4.97. The summed E-state index contributed by atoms with van der Waals surface area (Å²) in [5, 5.41) is 21.8. The molecule has 19 heavy (non-hydrogen) atoms. The van der Waals surface area contributed by atoms with Gasteiger partial charge < -0.3 is 15.2 Å². The molecule has 0 radical (unpaired) electrons. The Morgan fingerprint density at radius 3 is 2.68 bits per heavy atom. The van der Waals surface area contributed by atoms with Gasteiger partial charge in [-0.3, -0.25) is 4.79 Å². The highest BCUT2D eigenvalue weighted by Gasteiger charge is 2.39. The Balaban J connectivity index is 3.25. The summed E-state index contributed by atoms with van der Waals surface area (Å²) in [5.74, 6) is 0. The molecular formula is C8H8F3N5O3. The number of halogens is 3. The molecule has 0 saturated heterocycles. The molecule has 104 valence electrons. The molecule has 0 spiro atoms. The number of aromatic amines is 1. The molecule has 0 aromatic carbocycles. The zero-order valence-electron chi connectivity index (χ0n) is 9.16. The topological polar surface area (TPSA) is 135 Å². The van der Waals surface area contributed by atoms with Gasteiger partial charge in [-0.25, -0.2) is 4.98 Å². The van der Waals surface area contributed by atoms with Crippen LogP contribution in [0.2, 0.25) is 0 Å². The number of alkyl halides is 3. The second-order valence-corrected chi connectivity index (χ2v) is 3.42. The molecule has 1 aromatic heterocycles. The third-order valence-electron chi connectivity index (χ3n) is 2.15. The Hall–Kier alpha value is -2.10. The van der Waals surface area contributed by atoms with Crippen LogP contribution in [0.1, 0.15) is 17.4 Å². The zero-order chi connectivity index (χ0) is 14.6. The third kappa shape index (κ3) is 3.44.